The lowest BCUT2D eigenvalue weighted by molar-refractivity contribution is -0.130. The van der Waals surface area contributed by atoms with Crippen molar-refractivity contribution in [3.05, 3.63) is 52.3 Å². The van der Waals surface area contributed by atoms with Gasteiger partial charge in [-0.25, -0.2) is 14.1 Å². The van der Waals surface area contributed by atoms with Gasteiger partial charge in [0.2, 0.25) is 5.91 Å². The van der Waals surface area contributed by atoms with E-state index in [9.17, 15) is 14.0 Å². The fraction of sp³-hybridized carbons (Fsp3) is 0.353. The van der Waals surface area contributed by atoms with Crippen LogP contribution < -0.4 is 5.56 Å². The van der Waals surface area contributed by atoms with E-state index >= 15 is 0 Å². The summed E-state index contributed by atoms with van der Waals surface area (Å²) in [5.41, 5.74) is 0.331. The number of rotatable bonds is 4. The van der Waals surface area contributed by atoms with Crippen LogP contribution in [0.15, 0.2) is 35.4 Å². The third-order valence-corrected chi connectivity index (χ3v) is 4.53. The molecule has 1 saturated heterocycles. The summed E-state index contributed by atoms with van der Waals surface area (Å²) >= 11 is 0. The minimum atomic E-state index is -0.428. The molecule has 1 aliphatic rings. The van der Waals surface area contributed by atoms with E-state index in [0.717, 1.165) is 25.9 Å². The molecule has 4 rings (SSSR count). The summed E-state index contributed by atoms with van der Waals surface area (Å²) < 4.78 is 16.4. The molecule has 3 heterocycles. The number of halogens is 1. The zero-order chi connectivity index (χ0) is 18.1. The Morgan fingerprint density at radius 1 is 1.19 bits per heavy atom. The molecule has 0 atom stereocenters. The fourth-order valence-electron chi connectivity index (χ4n) is 3.11. The Hall–Kier alpha value is -3.10. The predicted octanol–water partition coefficient (Wildman–Crippen LogP) is 0.798. The average molecular weight is 356 g/mol. The Morgan fingerprint density at radius 2 is 1.96 bits per heavy atom. The second kappa shape index (κ2) is 6.66. The number of nitrogens with zero attached hydrogens (tertiary/aromatic N) is 6. The number of carbonyl (C=O) groups excluding carboxylic acids is 1. The van der Waals surface area contributed by atoms with Crippen molar-refractivity contribution in [1.82, 2.24) is 29.4 Å². The Kier molecular flexibility index (Phi) is 4.19. The van der Waals surface area contributed by atoms with Crippen LogP contribution in [0.5, 0.6) is 0 Å². The van der Waals surface area contributed by atoms with Gasteiger partial charge in [0.1, 0.15) is 18.7 Å². The standard InChI is InChI=1S/C17H17FN6O2/c18-13-6-2-1-5-12(13)9-24-16-15(20-21-24)17(26)23(11-19-16)10-14(25)22-7-3-4-8-22/h1-2,5-6,11H,3-4,7-10H2. The highest BCUT2D eigenvalue weighted by molar-refractivity contribution is 5.76. The van der Waals surface area contributed by atoms with Crippen LogP contribution >= 0.6 is 0 Å². The van der Waals surface area contributed by atoms with Crippen molar-refractivity contribution in [3.8, 4) is 0 Å². The number of hydrogen-bond acceptors (Lipinski definition) is 5. The quantitative estimate of drug-likeness (QED) is 0.690. The number of likely N-dealkylation sites (tertiary alicyclic amines) is 1. The Morgan fingerprint density at radius 3 is 2.73 bits per heavy atom. The summed E-state index contributed by atoms with van der Waals surface area (Å²) in [7, 11) is 0. The van der Waals surface area contributed by atoms with Gasteiger partial charge in [-0.3, -0.25) is 14.2 Å². The fourth-order valence-corrected chi connectivity index (χ4v) is 3.11. The van der Waals surface area contributed by atoms with Crippen molar-refractivity contribution in [2.24, 2.45) is 0 Å². The monoisotopic (exact) mass is 356 g/mol. The van der Waals surface area contributed by atoms with Crippen LogP contribution in [-0.4, -0.2) is 48.4 Å². The molecule has 0 aliphatic carbocycles. The third kappa shape index (κ3) is 2.96. The van der Waals surface area contributed by atoms with Gasteiger partial charge in [-0.1, -0.05) is 23.4 Å². The van der Waals surface area contributed by atoms with Gasteiger partial charge in [0.25, 0.3) is 5.56 Å². The Balaban J connectivity index is 1.62. The molecule has 26 heavy (non-hydrogen) atoms. The smallest absolute Gasteiger partial charge is 0.283 e. The van der Waals surface area contributed by atoms with Crippen LogP contribution in [0.2, 0.25) is 0 Å². The number of benzene rings is 1. The third-order valence-electron chi connectivity index (χ3n) is 4.53. The molecule has 0 bridgehead atoms. The van der Waals surface area contributed by atoms with Crippen LogP contribution in [0.4, 0.5) is 4.39 Å². The van der Waals surface area contributed by atoms with Gasteiger partial charge >= 0.3 is 0 Å². The summed E-state index contributed by atoms with van der Waals surface area (Å²) in [5, 5.41) is 7.80. The molecule has 0 radical (unpaired) electrons. The van der Waals surface area contributed by atoms with Crippen LogP contribution in [0, 0.1) is 5.82 Å². The first-order valence-electron chi connectivity index (χ1n) is 8.43. The lowest BCUT2D eigenvalue weighted by atomic mass is 10.2. The second-order valence-corrected chi connectivity index (χ2v) is 6.28. The maximum Gasteiger partial charge on any atom is 0.283 e. The van der Waals surface area contributed by atoms with Gasteiger partial charge in [-0.2, -0.15) is 0 Å². The Bertz CT molecular complexity index is 1020. The first kappa shape index (κ1) is 16.4. The molecule has 1 fully saturated rings. The molecular weight excluding hydrogens is 339 g/mol. The van der Waals surface area contributed by atoms with E-state index in [2.05, 4.69) is 15.3 Å². The van der Waals surface area contributed by atoms with Crippen LogP contribution in [0.3, 0.4) is 0 Å². The van der Waals surface area contributed by atoms with Gasteiger partial charge in [-0.15, -0.1) is 5.10 Å². The number of carbonyl (C=O) groups is 1. The molecule has 9 heteroatoms. The zero-order valence-electron chi connectivity index (χ0n) is 14.0. The number of amides is 1. The van der Waals surface area contributed by atoms with Crippen molar-refractivity contribution in [3.63, 3.8) is 0 Å². The SMILES string of the molecule is O=C(Cn1cnc2c(nnn2Cc2ccccc2F)c1=O)N1CCCC1. The Labute approximate surface area is 147 Å². The van der Waals surface area contributed by atoms with E-state index in [1.165, 1.54) is 21.6 Å². The molecule has 3 aromatic rings. The average Bonchev–Trinajstić information content (AvgIpc) is 3.30. The lowest BCUT2D eigenvalue weighted by Gasteiger charge is -2.15. The van der Waals surface area contributed by atoms with Crippen LogP contribution in [0.25, 0.3) is 11.2 Å². The molecule has 8 nitrogen and oxygen atoms in total. The van der Waals surface area contributed by atoms with E-state index in [1.54, 1.807) is 23.1 Å². The minimum Gasteiger partial charge on any atom is -0.341 e. The molecular formula is C17H17FN6O2. The molecule has 0 N–H and O–H groups in total. The van der Waals surface area contributed by atoms with E-state index < -0.39 is 5.56 Å². The zero-order valence-corrected chi connectivity index (χ0v) is 14.0. The first-order valence-corrected chi connectivity index (χ1v) is 8.43. The highest BCUT2D eigenvalue weighted by atomic mass is 19.1. The van der Waals surface area contributed by atoms with Gasteiger partial charge in [0, 0.05) is 18.7 Å². The van der Waals surface area contributed by atoms with E-state index in [-0.39, 0.29) is 36.0 Å². The predicted molar refractivity (Wildman–Crippen MR) is 90.9 cm³/mol. The largest absolute Gasteiger partial charge is 0.341 e. The van der Waals surface area contributed by atoms with E-state index in [0.29, 0.717) is 5.56 Å². The second-order valence-electron chi connectivity index (χ2n) is 6.28. The highest BCUT2D eigenvalue weighted by Crippen LogP contribution is 2.11. The van der Waals surface area contributed by atoms with Gasteiger partial charge in [0.15, 0.2) is 11.2 Å². The summed E-state index contributed by atoms with van der Waals surface area (Å²) in [6, 6.07) is 6.33. The summed E-state index contributed by atoms with van der Waals surface area (Å²) in [4.78, 5) is 30.8. The maximum atomic E-state index is 13.8. The van der Waals surface area contributed by atoms with Gasteiger partial charge in [-0.05, 0) is 18.9 Å². The molecule has 1 amide bonds. The van der Waals surface area contributed by atoms with Crippen LogP contribution in [0.1, 0.15) is 18.4 Å². The van der Waals surface area contributed by atoms with E-state index in [4.69, 9.17) is 0 Å². The molecule has 1 aliphatic heterocycles. The number of hydrogen-bond donors (Lipinski definition) is 0. The molecule has 1 aromatic carbocycles. The van der Waals surface area contributed by atoms with Gasteiger partial charge in [0.05, 0.1) is 6.54 Å². The summed E-state index contributed by atoms with van der Waals surface area (Å²) in [6.45, 7) is 1.50. The number of aromatic nitrogens is 5. The highest BCUT2D eigenvalue weighted by Gasteiger charge is 2.20. The molecule has 0 unspecified atom stereocenters. The molecule has 0 spiro atoms. The molecule has 2 aromatic heterocycles. The van der Waals surface area contributed by atoms with Crippen molar-refractivity contribution >= 4 is 17.1 Å². The minimum absolute atomic E-state index is 0.0675. The molecule has 134 valence electrons. The van der Waals surface area contributed by atoms with Crippen LogP contribution in [-0.2, 0) is 17.9 Å². The van der Waals surface area contributed by atoms with Gasteiger partial charge < -0.3 is 4.90 Å². The summed E-state index contributed by atoms with van der Waals surface area (Å²) in [6.07, 6.45) is 3.30. The van der Waals surface area contributed by atoms with Crippen molar-refractivity contribution in [2.75, 3.05) is 13.1 Å². The number of fused-ring (bicyclic) bond motifs is 1. The van der Waals surface area contributed by atoms with Crippen molar-refractivity contribution < 1.29 is 9.18 Å². The summed E-state index contributed by atoms with van der Waals surface area (Å²) in [5.74, 6) is -0.467. The normalized spacial score (nSPS) is 14.3. The van der Waals surface area contributed by atoms with E-state index in [1.807, 2.05) is 0 Å². The van der Waals surface area contributed by atoms with Crippen molar-refractivity contribution in [1.29, 1.82) is 0 Å². The maximum absolute atomic E-state index is 13.8. The topological polar surface area (TPSA) is 85.9 Å². The molecule has 0 saturated carbocycles. The van der Waals surface area contributed by atoms with Crippen molar-refractivity contribution in [2.45, 2.75) is 25.9 Å². The first-order chi connectivity index (χ1) is 12.6. The lowest BCUT2D eigenvalue weighted by Crippen LogP contribution is -2.34.